The molecule has 2 nitrogen and oxygen atoms in total. The van der Waals surface area contributed by atoms with Crippen molar-refractivity contribution in [2.24, 2.45) is 0 Å². The average Bonchev–Trinajstić information content (AvgIpc) is 2.31. The van der Waals surface area contributed by atoms with Crippen molar-refractivity contribution in [1.29, 1.82) is 0 Å². The molecular formula is C12H16F2O2. The molecule has 0 aliphatic carbocycles. The van der Waals surface area contributed by atoms with E-state index in [1.54, 1.807) is 6.92 Å². The molecule has 16 heavy (non-hydrogen) atoms. The van der Waals surface area contributed by atoms with Crippen molar-refractivity contribution in [2.45, 2.75) is 33.8 Å². The van der Waals surface area contributed by atoms with Gasteiger partial charge in [-0.05, 0) is 24.3 Å². The van der Waals surface area contributed by atoms with Crippen molar-refractivity contribution in [3.8, 4) is 5.75 Å². The summed E-state index contributed by atoms with van der Waals surface area (Å²) in [5.74, 6) is 0.0428. The van der Waals surface area contributed by atoms with Gasteiger partial charge in [0.25, 0.3) is 0 Å². The third-order valence-corrected chi connectivity index (χ3v) is 1.72. The molecule has 0 heterocycles. The Kier molecular flexibility index (Phi) is 7.09. The second-order valence-electron chi connectivity index (χ2n) is 2.68. The molecule has 0 spiro atoms. The van der Waals surface area contributed by atoms with E-state index in [0.717, 1.165) is 0 Å². The van der Waals surface area contributed by atoms with Gasteiger partial charge in [0.15, 0.2) is 5.78 Å². The topological polar surface area (TPSA) is 26.3 Å². The monoisotopic (exact) mass is 230 g/mol. The summed E-state index contributed by atoms with van der Waals surface area (Å²) in [6, 6.07) is 5.66. The highest BCUT2D eigenvalue weighted by Gasteiger charge is 2.06. The van der Waals surface area contributed by atoms with Crippen molar-refractivity contribution < 1.29 is 18.3 Å². The van der Waals surface area contributed by atoms with E-state index in [2.05, 4.69) is 4.74 Å². The van der Waals surface area contributed by atoms with Gasteiger partial charge in [-0.25, -0.2) is 0 Å². The van der Waals surface area contributed by atoms with E-state index in [-0.39, 0.29) is 11.5 Å². The van der Waals surface area contributed by atoms with Crippen molar-refractivity contribution in [1.82, 2.24) is 0 Å². The Morgan fingerprint density at radius 2 is 1.75 bits per heavy atom. The van der Waals surface area contributed by atoms with Gasteiger partial charge in [-0.2, -0.15) is 8.78 Å². The molecule has 0 aliphatic rings. The van der Waals surface area contributed by atoms with Crippen LogP contribution in [0.5, 0.6) is 5.75 Å². The Bertz CT molecular complexity index is 307. The Labute approximate surface area is 94.2 Å². The number of hydrogen-bond acceptors (Lipinski definition) is 2. The van der Waals surface area contributed by atoms with Crippen LogP contribution in [0.1, 0.15) is 37.6 Å². The molecule has 0 amide bonds. The lowest BCUT2D eigenvalue weighted by Crippen LogP contribution is -2.02. The summed E-state index contributed by atoms with van der Waals surface area (Å²) < 4.78 is 27.7. The molecule has 0 bridgehead atoms. The molecule has 90 valence electrons. The lowest BCUT2D eigenvalue weighted by Gasteiger charge is -2.04. The normalized spacial score (nSPS) is 9.38. The molecule has 0 saturated heterocycles. The van der Waals surface area contributed by atoms with Crippen LogP contribution >= 0.6 is 0 Å². The summed E-state index contributed by atoms with van der Waals surface area (Å²) in [5.41, 5.74) is 0.508. The first kappa shape index (κ1) is 14.6. The fraction of sp³-hybridized carbons (Fsp3) is 0.417. The Hall–Kier alpha value is -1.45. The molecule has 0 radical (unpaired) electrons. The predicted molar refractivity (Wildman–Crippen MR) is 59.0 cm³/mol. The number of hydrogen-bond donors (Lipinski definition) is 0. The fourth-order valence-corrected chi connectivity index (χ4v) is 1.03. The molecular weight excluding hydrogens is 214 g/mol. The summed E-state index contributed by atoms with van der Waals surface area (Å²) in [4.78, 5) is 11.2. The number of carbonyl (C=O) groups is 1. The van der Waals surface area contributed by atoms with Gasteiger partial charge in [0.05, 0.1) is 0 Å². The summed E-state index contributed by atoms with van der Waals surface area (Å²) in [5, 5.41) is 0. The highest BCUT2D eigenvalue weighted by atomic mass is 19.3. The van der Waals surface area contributed by atoms with E-state index < -0.39 is 6.61 Å². The quantitative estimate of drug-likeness (QED) is 0.733. The van der Waals surface area contributed by atoms with Crippen LogP contribution in [0.2, 0.25) is 0 Å². The van der Waals surface area contributed by atoms with Crippen LogP contribution in [0, 0.1) is 0 Å². The molecule has 1 aromatic carbocycles. The zero-order valence-electron chi connectivity index (χ0n) is 9.67. The third kappa shape index (κ3) is 4.87. The van der Waals surface area contributed by atoms with Crippen LogP contribution in [0.4, 0.5) is 8.78 Å². The van der Waals surface area contributed by atoms with Crippen LogP contribution in [0.3, 0.4) is 0 Å². The number of ether oxygens (including phenoxy) is 1. The van der Waals surface area contributed by atoms with Crippen LogP contribution < -0.4 is 4.74 Å². The fourth-order valence-electron chi connectivity index (χ4n) is 1.03. The summed E-state index contributed by atoms with van der Waals surface area (Å²) in [7, 11) is 0. The number of halogens is 2. The third-order valence-electron chi connectivity index (χ3n) is 1.72. The molecule has 0 atom stereocenters. The van der Waals surface area contributed by atoms with E-state index >= 15 is 0 Å². The maximum Gasteiger partial charge on any atom is 0.387 e. The second-order valence-corrected chi connectivity index (χ2v) is 2.68. The van der Waals surface area contributed by atoms with E-state index in [0.29, 0.717) is 12.0 Å². The molecule has 0 aliphatic heterocycles. The van der Waals surface area contributed by atoms with Crippen molar-refractivity contribution in [2.75, 3.05) is 0 Å². The number of carbonyl (C=O) groups excluding carboxylic acids is 1. The van der Waals surface area contributed by atoms with Crippen LogP contribution in [0.15, 0.2) is 24.3 Å². The van der Waals surface area contributed by atoms with Gasteiger partial charge in [-0.1, -0.05) is 20.8 Å². The first-order valence-electron chi connectivity index (χ1n) is 5.21. The van der Waals surface area contributed by atoms with Crippen LogP contribution in [-0.2, 0) is 0 Å². The number of benzene rings is 1. The van der Waals surface area contributed by atoms with E-state index in [4.69, 9.17) is 0 Å². The lowest BCUT2D eigenvalue weighted by molar-refractivity contribution is -0.0498. The number of ketones is 1. The highest BCUT2D eigenvalue weighted by Crippen LogP contribution is 2.15. The standard InChI is InChI=1S/C10H10F2O2.C2H6/c1-2-9(13)7-3-5-8(6-4-7)14-10(11)12;1-2/h3-6,10H,2H2,1H3;1-2H3. The van der Waals surface area contributed by atoms with Crippen molar-refractivity contribution >= 4 is 5.78 Å². The lowest BCUT2D eigenvalue weighted by atomic mass is 10.1. The van der Waals surface area contributed by atoms with Crippen molar-refractivity contribution in [3.05, 3.63) is 29.8 Å². The van der Waals surface area contributed by atoms with Gasteiger partial charge < -0.3 is 4.74 Å². The van der Waals surface area contributed by atoms with Gasteiger partial charge >= 0.3 is 6.61 Å². The summed E-state index contributed by atoms with van der Waals surface area (Å²) in [6.45, 7) is 2.91. The SMILES string of the molecule is CC.CCC(=O)c1ccc(OC(F)F)cc1. The molecule has 0 unspecified atom stereocenters. The van der Waals surface area contributed by atoms with Gasteiger partial charge in [-0.15, -0.1) is 0 Å². The summed E-state index contributed by atoms with van der Waals surface area (Å²) >= 11 is 0. The number of Topliss-reactive ketones (excluding diaryl/α,β-unsaturated/α-hetero) is 1. The molecule has 0 N–H and O–H groups in total. The molecule has 0 saturated carbocycles. The maximum atomic E-state index is 11.8. The van der Waals surface area contributed by atoms with E-state index in [1.165, 1.54) is 24.3 Å². The van der Waals surface area contributed by atoms with Crippen LogP contribution in [0.25, 0.3) is 0 Å². The van der Waals surface area contributed by atoms with Gasteiger partial charge in [0.1, 0.15) is 5.75 Å². The predicted octanol–water partition coefficient (Wildman–Crippen LogP) is 3.91. The molecule has 4 heteroatoms. The zero-order valence-corrected chi connectivity index (χ0v) is 9.67. The Morgan fingerprint density at radius 1 is 1.25 bits per heavy atom. The first-order chi connectivity index (χ1) is 7.63. The summed E-state index contributed by atoms with van der Waals surface area (Å²) in [6.07, 6.45) is 0.398. The van der Waals surface area contributed by atoms with E-state index in [9.17, 15) is 13.6 Å². The minimum absolute atomic E-state index is 0.0198. The minimum Gasteiger partial charge on any atom is -0.435 e. The molecule has 0 fully saturated rings. The zero-order chi connectivity index (χ0) is 12.6. The molecule has 1 aromatic rings. The van der Waals surface area contributed by atoms with Gasteiger partial charge in [0.2, 0.25) is 0 Å². The number of rotatable bonds is 4. The second kappa shape index (κ2) is 7.79. The largest absolute Gasteiger partial charge is 0.435 e. The smallest absolute Gasteiger partial charge is 0.387 e. The van der Waals surface area contributed by atoms with Gasteiger partial charge in [-0.3, -0.25) is 4.79 Å². The van der Waals surface area contributed by atoms with Crippen molar-refractivity contribution in [3.63, 3.8) is 0 Å². The average molecular weight is 230 g/mol. The van der Waals surface area contributed by atoms with Crippen LogP contribution in [-0.4, -0.2) is 12.4 Å². The number of alkyl halides is 2. The highest BCUT2D eigenvalue weighted by molar-refractivity contribution is 5.95. The van der Waals surface area contributed by atoms with E-state index in [1.807, 2.05) is 13.8 Å². The first-order valence-corrected chi connectivity index (χ1v) is 5.21. The maximum absolute atomic E-state index is 11.8. The Morgan fingerprint density at radius 3 is 2.12 bits per heavy atom. The molecule has 0 aromatic heterocycles. The minimum atomic E-state index is -2.83. The van der Waals surface area contributed by atoms with Gasteiger partial charge in [0, 0.05) is 12.0 Å². The Balaban J connectivity index is 0.00000106. The molecule has 1 rings (SSSR count).